The maximum atomic E-state index is 11.7. The second-order valence-electron chi connectivity index (χ2n) is 4.54. The zero-order valence-corrected chi connectivity index (χ0v) is 8.20. The molecule has 0 spiro atoms. The molecular formula is C13H14O. The average Bonchev–Trinajstić information content (AvgIpc) is 2.46. The smallest absolute Gasteiger partial charge is 0.136 e. The van der Waals surface area contributed by atoms with Gasteiger partial charge in [-0.25, -0.2) is 0 Å². The number of Topliss-reactive ketones (excluding diaryl/α,β-unsaturated/α-hetero) is 1. The van der Waals surface area contributed by atoms with Gasteiger partial charge in [-0.15, -0.1) is 0 Å². The van der Waals surface area contributed by atoms with Crippen LogP contribution in [0.15, 0.2) is 24.3 Å². The van der Waals surface area contributed by atoms with Gasteiger partial charge in [0.25, 0.3) is 0 Å². The quantitative estimate of drug-likeness (QED) is 0.609. The lowest BCUT2D eigenvalue weighted by atomic mass is 9.81. The number of hydrogen-bond acceptors (Lipinski definition) is 1. The van der Waals surface area contributed by atoms with Crippen molar-refractivity contribution in [1.29, 1.82) is 0 Å². The van der Waals surface area contributed by atoms with Crippen molar-refractivity contribution in [3.8, 4) is 0 Å². The first kappa shape index (κ1) is 8.22. The summed E-state index contributed by atoms with van der Waals surface area (Å²) in [5.41, 5.74) is 2.87. The standard InChI is InChI=1S/C13H14O/c14-13-8-10-5-6-11(13)7-9-3-1-2-4-12(9)10/h1-4,10-11H,5-8H2/t10-,11-/m0/s1. The van der Waals surface area contributed by atoms with E-state index in [0.717, 1.165) is 19.3 Å². The van der Waals surface area contributed by atoms with Crippen LogP contribution >= 0.6 is 0 Å². The lowest BCUT2D eigenvalue weighted by Crippen LogP contribution is -2.21. The predicted molar refractivity (Wildman–Crippen MR) is 55.2 cm³/mol. The summed E-state index contributed by atoms with van der Waals surface area (Å²) >= 11 is 0. The number of ketones is 1. The highest BCUT2D eigenvalue weighted by molar-refractivity contribution is 5.84. The molecule has 2 bridgehead atoms. The van der Waals surface area contributed by atoms with Crippen LogP contribution in [0.25, 0.3) is 0 Å². The first-order valence-electron chi connectivity index (χ1n) is 5.45. The molecule has 3 aliphatic rings. The third kappa shape index (κ3) is 1.12. The van der Waals surface area contributed by atoms with E-state index in [1.54, 1.807) is 0 Å². The molecule has 1 saturated carbocycles. The second kappa shape index (κ2) is 2.94. The Morgan fingerprint density at radius 2 is 1.79 bits per heavy atom. The molecule has 72 valence electrons. The zero-order valence-electron chi connectivity index (χ0n) is 8.20. The third-order valence-corrected chi connectivity index (χ3v) is 3.73. The van der Waals surface area contributed by atoms with Crippen molar-refractivity contribution in [2.75, 3.05) is 0 Å². The summed E-state index contributed by atoms with van der Waals surface area (Å²) in [6.07, 6.45) is 4.11. The molecule has 1 fully saturated rings. The van der Waals surface area contributed by atoms with E-state index < -0.39 is 0 Å². The monoisotopic (exact) mass is 186 g/mol. The highest BCUT2D eigenvalue weighted by atomic mass is 16.1. The zero-order chi connectivity index (χ0) is 9.54. The van der Waals surface area contributed by atoms with Crippen LogP contribution in [0.5, 0.6) is 0 Å². The molecule has 1 heteroatoms. The van der Waals surface area contributed by atoms with Gasteiger partial charge in [0.05, 0.1) is 0 Å². The van der Waals surface area contributed by atoms with Gasteiger partial charge >= 0.3 is 0 Å². The molecule has 2 atom stereocenters. The van der Waals surface area contributed by atoms with E-state index in [1.165, 1.54) is 17.5 Å². The Bertz CT molecular complexity index is 381. The predicted octanol–water partition coefficient (Wildman–Crippen LogP) is 2.70. The molecule has 0 radical (unpaired) electrons. The van der Waals surface area contributed by atoms with Gasteiger partial charge in [0.15, 0.2) is 0 Å². The van der Waals surface area contributed by atoms with Crippen molar-refractivity contribution in [3.05, 3.63) is 35.4 Å². The molecule has 0 aliphatic heterocycles. The Balaban J connectivity index is 2.12. The van der Waals surface area contributed by atoms with Crippen LogP contribution < -0.4 is 0 Å². The van der Waals surface area contributed by atoms with E-state index in [1.807, 2.05) is 0 Å². The highest BCUT2D eigenvalue weighted by Gasteiger charge is 2.34. The summed E-state index contributed by atoms with van der Waals surface area (Å²) in [4.78, 5) is 11.7. The average molecular weight is 186 g/mol. The number of hydrogen-bond donors (Lipinski definition) is 0. The molecule has 4 rings (SSSR count). The van der Waals surface area contributed by atoms with Crippen LogP contribution in [0.3, 0.4) is 0 Å². The fourth-order valence-electron chi connectivity index (χ4n) is 2.94. The van der Waals surface area contributed by atoms with Gasteiger partial charge < -0.3 is 0 Å². The summed E-state index contributed by atoms with van der Waals surface area (Å²) in [5.74, 6) is 1.35. The summed E-state index contributed by atoms with van der Waals surface area (Å²) in [5, 5.41) is 0. The molecule has 14 heavy (non-hydrogen) atoms. The summed E-state index contributed by atoms with van der Waals surface area (Å²) in [7, 11) is 0. The molecule has 0 saturated heterocycles. The van der Waals surface area contributed by atoms with Gasteiger partial charge in [0.1, 0.15) is 5.78 Å². The van der Waals surface area contributed by atoms with Crippen molar-refractivity contribution in [2.24, 2.45) is 5.92 Å². The third-order valence-electron chi connectivity index (χ3n) is 3.73. The molecule has 1 aromatic rings. The Morgan fingerprint density at radius 1 is 1.00 bits per heavy atom. The number of benzene rings is 1. The fraction of sp³-hybridized carbons (Fsp3) is 0.462. The largest absolute Gasteiger partial charge is 0.299 e. The Morgan fingerprint density at radius 3 is 2.64 bits per heavy atom. The summed E-state index contributed by atoms with van der Waals surface area (Å²) < 4.78 is 0. The van der Waals surface area contributed by atoms with Crippen LogP contribution in [0.2, 0.25) is 0 Å². The first-order valence-corrected chi connectivity index (χ1v) is 5.45. The van der Waals surface area contributed by atoms with E-state index in [4.69, 9.17) is 0 Å². The molecule has 1 nitrogen and oxygen atoms in total. The van der Waals surface area contributed by atoms with Gasteiger partial charge in [-0.2, -0.15) is 0 Å². The fourth-order valence-corrected chi connectivity index (χ4v) is 2.94. The molecule has 0 heterocycles. The molecule has 0 unspecified atom stereocenters. The van der Waals surface area contributed by atoms with Gasteiger partial charge in [-0.05, 0) is 36.3 Å². The number of fused-ring (bicyclic) bond motifs is 2. The summed E-state index contributed by atoms with van der Waals surface area (Å²) in [6, 6.07) is 8.59. The molecule has 0 N–H and O–H groups in total. The lowest BCUT2D eigenvalue weighted by Gasteiger charge is -2.22. The Hall–Kier alpha value is -1.11. The van der Waals surface area contributed by atoms with Crippen molar-refractivity contribution < 1.29 is 4.79 Å². The van der Waals surface area contributed by atoms with E-state index in [-0.39, 0.29) is 0 Å². The second-order valence-corrected chi connectivity index (χ2v) is 4.54. The Labute approximate surface area is 84.1 Å². The highest BCUT2D eigenvalue weighted by Crippen LogP contribution is 2.40. The van der Waals surface area contributed by atoms with Gasteiger partial charge in [0, 0.05) is 12.3 Å². The van der Waals surface area contributed by atoms with Crippen LogP contribution in [0, 0.1) is 5.92 Å². The summed E-state index contributed by atoms with van der Waals surface area (Å²) in [6.45, 7) is 0. The van der Waals surface area contributed by atoms with Gasteiger partial charge in [-0.1, -0.05) is 24.3 Å². The normalized spacial score (nSPS) is 29.9. The van der Waals surface area contributed by atoms with Crippen LogP contribution in [-0.4, -0.2) is 5.78 Å². The van der Waals surface area contributed by atoms with Crippen molar-refractivity contribution in [2.45, 2.75) is 31.6 Å². The van der Waals surface area contributed by atoms with E-state index in [9.17, 15) is 4.79 Å². The molecule has 0 aromatic heterocycles. The number of carbonyl (C=O) groups excluding carboxylic acids is 1. The topological polar surface area (TPSA) is 17.1 Å². The van der Waals surface area contributed by atoms with Gasteiger partial charge in [0.2, 0.25) is 0 Å². The lowest BCUT2D eigenvalue weighted by molar-refractivity contribution is -0.124. The van der Waals surface area contributed by atoms with E-state index in [2.05, 4.69) is 24.3 Å². The molecule has 3 aliphatic carbocycles. The minimum absolute atomic E-state index is 0.329. The van der Waals surface area contributed by atoms with Crippen LogP contribution in [-0.2, 0) is 11.2 Å². The minimum Gasteiger partial charge on any atom is -0.299 e. The Kier molecular flexibility index (Phi) is 1.73. The van der Waals surface area contributed by atoms with E-state index >= 15 is 0 Å². The van der Waals surface area contributed by atoms with Crippen LogP contribution in [0.1, 0.15) is 36.3 Å². The SMILES string of the molecule is O=C1C[C@@H]2CC[C@H]1Cc1ccccc12. The van der Waals surface area contributed by atoms with Crippen molar-refractivity contribution in [3.63, 3.8) is 0 Å². The maximum absolute atomic E-state index is 11.7. The molecule has 1 aromatic carbocycles. The first-order chi connectivity index (χ1) is 6.84. The van der Waals surface area contributed by atoms with E-state index in [0.29, 0.717) is 17.6 Å². The number of carbonyl (C=O) groups is 1. The molecule has 0 amide bonds. The van der Waals surface area contributed by atoms with Crippen molar-refractivity contribution >= 4 is 5.78 Å². The maximum Gasteiger partial charge on any atom is 0.136 e. The van der Waals surface area contributed by atoms with Gasteiger partial charge in [-0.3, -0.25) is 4.79 Å². The number of rotatable bonds is 0. The van der Waals surface area contributed by atoms with Crippen LogP contribution in [0.4, 0.5) is 0 Å². The van der Waals surface area contributed by atoms with Crippen molar-refractivity contribution in [1.82, 2.24) is 0 Å². The molecular weight excluding hydrogens is 172 g/mol. The minimum atomic E-state index is 0.329.